The normalized spacial score (nSPS) is 22.9. The summed E-state index contributed by atoms with van der Waals surface area (Å²) in [5, 5.41) is 6.28. The molecule has 2 saturated carbocycles. The second-order valence-electron chi connectivity index (χ2n) is 5.45. The Hall–Kier alpha value is -0.570. The molecule has 86 valence electrons. The van der Waals surface area contributed by atoms with Gasteiger partial charge in [-0.25, -0.2) is 0 Å². The van der Waals surface area contributed by atoms with E-state index in [1.54, 1.807) is 0 Å². The lowest BCUT2D eigenvalue weighted by molar-refractivity contribution is -0.120. The highest BCUT2D eigenvalue weighted by molar-refractivity contribution is 5.78. The number of carbonyl (C=O) groups is 1. The molecule has 1 amide bonds. The third-order valence-electron chi connectivity index (χ3n) is 3.88. The van der Waals surface area contributed by atoms with Crippen molar-refractivity contribution in [3.8, 4) is 0 Å². The monoisotopic (exact) mass is 210 g/mol. The van der Waals surface area contributed by atoms with Crippen molar-refractivity contribution in [3.63, 3.8) is 0 Å². The Labute approximate surface area is 92.0 Å². The SMILES string of the molecule is CC(C)C1(CNC(=O)CNC2CC2)CC1. The highest BCUT2D eigenvalue weighted by Gasteiger charge is 2.45. The second-order valence-corrected chi connectivity index (χ2v) is 5.45. The average Bonchev–Trinajstić information content (AvgIpc) is 3.05. The predicted octanol–water partition coefficient (Wildman–Crippen LogP) is 1.29. The van der Waals surface area contributed by atoms with Crippen LogP contribution >= 0.6 is 0 Å². The second kappa shape index (κ2) is 4.12. The fourth-order valence-electron chi connectivity index (χ4n) is 1.98. The highest BCUT2D eigenvalue weighted by atomic mass is 16.1. The molecule has 0 aromatic heterocycles. The van der Waals surface area contributed by atoms with Gasteiger partial charge in [0.15, 0.2) is 0 Å². The fraction of sp³-hybridized carbons (Fsp3) is 0.917. The number of hydrogen-bond donors (Lipinski definition) is 2. The lowest BCUT2D eigenvalue weighted by Crippen LogP contribution is -2.38. The van der Waals surface area contributed by atoms with Crippen molar-refractivity contribution >= 4 is 5.91 Å². The van der Waals surface area contributed by atoms with E-state index in [0.29, 0.717) is 23.9 Å². The van der Waals surface area contributed by atoms with Crippen molar-refractivity contribution < 1.29 is 4.79 Å². The van der Waals surface area contributed by atoms with Crippen LogP contribution in [-0.4, -0.2) is 25.0 Å². The number of hydrogen-bond acceptors (Lipinski definition) is 2. The van der Waals surface area contributed by atoms with Gasteiger partial charge in [0.2, 0.25) is 5.91 Å². The predicted molar refractivity (Wildman–Crippen MR) is 60.5 cm³/mol. The van der Waals surface area contributed by atoms with Gasteiger partial charge in [0.05, 0.1) is 6.54 Å². The Kier molecular flexibility index (Phi) is 3.01. The summed E-state index contributed by atoms with van der Waals surface area (Å²) in [4.78, 5) is 11.5. The molecule has 2 aliphatic rings. The van der Waals surface area contributed by atoms with Crippen molar-refractivity contribution in [2.75, 3.05) is 13.1 Å². The average molecular weight is 210 g/mol. The van der Waals surface area contributed by atoms with Gasteiger partial charge >= 0.3 is 0 Å². The summed E-state index contributed by atoms with van der Waals surface area (Å²) in [6, 6.07) is 0.621. The van der Waals surface area contributed by atoms with Gasteiger partial charge in [-0.1, -0.05) is 13.8 Å². The summed E-state index contributed by atoms with van der Waals surface area (Å²) >= 11 is 0. The number of amides is 1. The van der Waals surface area contributed by atoms with Gasteiger partial charge in [-0.2, -0.15) is 0 Å². The first-order chi connectivity index (χ1) is 7.12. The van der Waals surface area contributed by atoms with Gasteiger partial charge in [-0.3, -0.25) is 4.79 Å². The first-order valence-electron chi connectivity index (χ1n) is 6.12. The van der Waals surface area contributed by atoms with Crippen LogP contribution in [0.2, 0.25) is 0 Å². The third kappa shape index (κ3) is 2.94. The van der Waals surface area contributed by atoms with E-state index in [1.807, 2.05) is 0 Å². The first kappa shape index (κ1) is 10.9. The highest BCUT2D eigenvalue weighted by Crippen LogP contribution is 2.51. The van der Waals surface area contributed by atoms with E-state index in [4.69, 9.17) is 0 Å². The number of carbonyl (C=O) groups excluding carboxylic acids is 1. The molecule has 0 aliphatic heterocycles. The molecular formula is C12H22N2O. The minimum absolute atomic E-state index is 0.161. The molecule has 0 atom stereocenters. The van der Waals surface area contributed by atoms with E-state index in [1.165, 1.54) is 25.7 Å². The van der Waals surface area contributed by atoms with E-state index in [-0.39, 0.29) is 5.91 Å². The van der Waals surface area contributed by atoms with Crippen LogP contribution in [0, 0.1) is 11.3 Å². The molecule has 0 aromatic rings. The van der Waals surface area contributed by atoms with Gasteiger partial charge in [0.25, 0.3) is 0 Å². The molecule has 0 unspecified atom stereocenters. The fourth-order valence-corrected chi connectivity index (χ4v) is 1.98. The largest absolute Gasteiger partial charge is 0.354 e. The van der Waals surface area contributed by atoms with Crippen molar-refractivity contribution in [2.45, 2.75) is 45.6 Å². The summed E-state index contributed by atoms with van der Waals surface area (Å²) < 4.78 is 0. The van der Waals surface area contributed by atoms with Crippen LogP contribution < -0.4 is 10.6 Å². The molecule has 0 radical (unpaired) electrons. The van der Waals surface area contributed by atoms with E-state index >= 15 is 0 Å². The molecule has 2 fully saturated rings. The van der Waals surface area contributed by atoms with Crippen molar-refractivity contribution in [2.24, 2.45) is 11.3 Å². The van der Waals surface area contributed by atoms with Gasteiger partial charge in [0.1, 0.15) is 0 Å². The molecule has 0 aromatic carbocycles. The number of rotatable bonds is 6. The lowest BCUT2D eigenvalue weighted by atomic mass is 9.92. The minimum Gasteiger partial charge on any atom is -0.354 e. The maximum atomic E-state index is 11.5. The van der Waals surface area contributed by atoms with Gasteiger partial charge in [0, 0.05) is 12.6 Å². The van der Waals surface area contributed by atoms with Crippen molar-refractivity contribution in [1.82, 2.24) is 10.6 Å². The topological polar surface area (TPSA) is 41.1 Å². The van der Waals surface area contributed by atoms with Crippen LogP contribution in [0.15, 0.2) is 0 Å². The molecule has 2 N–H and O–H groups in total. The molecule has 3 nitrogen and oxygen atoms in total. The van der Waals surface area contributed by atoms with Crippen LogP contribution in [0.4, 0.5) is 0 Å². The number of nitrogens with one attached hydrogen (secondary N) is 2. The van der Waals surface area contributed by atoms with E-state index in [2.05, 4.69) is 24.5 Å². The molecular weight excluding hydrogens is 188 g/mol. The molecule has 2 aliphatic carbocycles. The van der Waals surface area contributed by atoms with E-state index < -0.39 is 0 Å². The van der Waals surface area contributed by atoms with E-state index in [0.717, 1.165) is 6.54 Å². The zero-order valence-corrected chi connectivity index (χ0v) is 9.81. The van der Waals surface area contributed by atoms with Crippen LogP contribution in [0.3, 0.4) is 0 Å². The molecule has 0 bridgehead atoms. The summed E-state index contributed by atoms with van der Waals surface area (Å²) in [5.41, 5.74) is 0.426. The summed E-state index contributed by atoms with van der Waals surface area (Å²) in [6.45, 7) is 5.87. The maximum Gasteiger partial charge on any atom is 0.233 e. The van der Waals surface area contributed by atoms with Crippen molar-refractivity contribution in [3.05, 3.63) is 0 Å². The summed E-state index contributed by atoms with van der Waals surface area (Å²) in [5.74, 6) is 0.850. The Balaban J connectivity index is 1.62. The van der Waals surface area contributed by atoms with Gasteiger partial charge < -0.3 is 10.6 Å². The van der Waals surface area contributed by atoms with Crippen LogP contribution in [0.1, 0.15) is 39.5 Å². The van der Waals surface area contributed by atoms with Gasteiger partial charge in [-0.15, -0.1) is 0 Å². The minimum atomic E-state index is 0.161. The molecule has 0 spiro atoms. The molecule has 3 heteroatoms. The van der Waals surface area contributed by atoms with Crippen LogP contribution in [0.5, 0.6) is 0 Å². The standard InChI is InChI=1S/C12H22N2O/c1-9(2)12(5-6-12)8-14-11(15)7-13-10-3-4-10/h9-10,13H,3-8H2,1-2H3,(H,14,15). The molecule has 15 heavy (non-hydrogen) atoms. The molecule has 0 heterocycles. The van der Waals surface area contributed by atoms with E-state index in [9.17, 15) is 4.79 Å². The summed E-state index contributed by atoms with van der Waals surface area (Å²) in [7, 11) is 0. The maximum absolute atomic E-state index is 11.5. The Morgan fingerprint density at radius 3 is 2.53 bits per heavy atom. The zero-order chi connectivity index (χ0) is 10.9. The van der Waals surface area contributed by atoms with Crippen LogP contribution in [0.25, 0.3) is 0 Å². The first-order valence-corrected chi connectivity index (χ1v) is 6.12. The Bertz CT molecular complexity index is 242. The zero-order valence-electron chi connectivity index (χ0n) is 9.81. The lowest BCUT2D eigenvalue weighted by Gasteiger charge is -2.20. The van der Waals surface area contributed by atoms with Crippen LogP contribution in [-0.2, 0) is 4.79 Å². The van der Waals surface area contributed by atoms with Crippen molar-refractivity contribution in [1.29, 1.82) is 0 Å². The Morgan fingerprint density at radius 2 is 2.07 bits per heavy atom. The molecule has 0 saturated heterocycles. The Morgan fingerprint density at radius 1 is 1.40 bits per heavy atom. The quantitative estimate of drug-likeness (QED) is 0.693. The third-order valence-corrected chi connectivity index (χ3v) is 3.88. The van der Waals surface area contributed by atoms with Gasteiger partial charge in [-0.05, 0) is 37.0 Å². The summed E-state index contributed by atoms with van der Waals surface area (Å²) in [6.07, 6.45) is 5.04. The molecule has 2 rings (SSSR count). The smallest absolute Gasteiger partial charge is 0.233 e.